The van der Waals surface area contributed by atoms with Crippen LogP contribution in [-0.2, 0) is 4.79 Å². The summed E-state index contributed by atoms with van der Waals surface area (Å²) in [5.74, 6) is 1.84. The van der Waals surface area contributed by atoms with Crippen molar-refractivity contribution in [2.75, 3.05) is 13.1 Å². The molecule has 5 heteroatoms. The highest BCUT2D eigenvalue weighted by molar-refractivity contribution is 5.82. The van der Waals surface area contributed by atoms with Crippen LogP contribution in [0.5, 0.6) is 0 Å². The largest absolute Gasteiger partial charge is 0.390 e. The number of piperidine rings is 1. The Bertz CT molecular complexity index is 482. The molecule has 5 nitrogen and oxygen atoms in total. The van der Waals surface area contributed by atoms with Crippen LogP contribution in [0.1, 0.15) is 45.4 Å². The van der Waals surface area contributed by atoms with Crippen LogP contribution >= 0.6 is 0 Å². The van der Waals surface area contributed by atoms with E-state index in [9.17, 15) is 15.0 Å². The van der Waals surface area contributed by atoms with Crippen LogP contribution in [0.2, 0.25) is 0 Å². The molecule has 0 aromatic heterocycles. The fraction of sp³-hybridized carbons (Fsp3) is 0.941. The zero-order chi connectivity index (χ0) is 15.7. The molecule has 6 unspecified atom stereocenters. The second kappa shape index (κ2) is 4.68. The average Bonchev–Trinajstić information content (AvgIpc) is 3.00. The van der Waals surface area contributed by atoms with Gasteiger partial charge in [-0.15, -0.1) is 0 Å². The third kappa shape index (κ3) is 2.57. The maximum absolute atomic E-state index is 12.6. The second-order valence-electron chi connectivity index (χ2n) is 8.90. The van der Waals surface area contributed by atoms with Gasteiger partial charge in [0.1, 0.15) is 0 Å². The SMILES string of the molecule is CC1(O)CC2CC([C@H](N)C(=O)N3CC4CC4C3)CC(O)(C2)C1. The van der Waals surface area contributed by atoms with E-state index in [-0.39, 0.29) is 17.7 Å². The number of fused-ring (bicyclic) bond motifs is 3. The van der Waals surface area contributed by atoms with Crippen molar-refractivity contribution in [1.82, 2.24) is 4.90 Å². The standard InChI is InChI=1S/C17H28N2O3/c1-16(21)4-10-2-11(6-17(22,5-10)9-16)14(18)15(20)19-7-12-3-13(12)8-19/h10-14,21-22H,2-9,18H2,1H3/t10?,11?,12?,13?,14-,16?,17?/m0/s1. The van der Waals surface area contributed by atoms with E-state index in [0.29, 0.717) is 19.3 Å². The number of carbonyl (C=O) groups is 1. The van der Waals surface area contributed by atoms with Crippen molar-refractivity contribution in [2.45, 2.75) is 62.7 Å². The molecule has 7 atom stereocenters. The molecular formula is C17H28N2O3. The molecule has 4 rings (SSSR count). The second-order valence-corrected chi connectivity index (χ2v) is 8.90. The number of carbonyl (C=O) groups excluding carboxylic acids is 1. The summed E-state index contributed by atoms with van der Waals surface area (Å²) in [6, 6.07) is -0.491. The average molecular weight is 308 g/mol. The van der Waals surface area contributed by atoms with Gasteiger partial charge in [-0.05, 0) is 62.7 Å². The maximum atomic E-state index is 12.6. The van der Waals surface area contributed by atoms with Crippen LogP contribution in [0.25, 0.3) is 0 Å². The minimum absolute atomic E-state index is 0.0456. The van der Waals surface area contributed by atoms with Gasteiger partial charge >= 0.3 is 0 Å². The van der Waals surface area contributed by atoms with E-state index in [1.165, 1.54) is 6.42 Å². The molecule has 2 bridgehead atoms. The van der Waals surface area contributed by atoms with E-state index in [0.717, 1.165) is 37.8 Å². The number of amides is 1. The predicted molar refractivity (Wildman–Crippen MR) is 81.8 cm³/mol. The Labute approximate surface area is 131 Å². The summed E-state index contributed by atoms with van der Waals surface area (Å²) in [7, 11) is 0. The molecule has 0 aromatic carbocycles. The first-order valence-corrected chi connectivity index (χ1v) is 8.74. The van der Waals surface area contributed by atoms with Gasteiger partial charge in [-0.2, -0.15) is 0 Å². The van der Waals surface area contributed by atoms with Crippen molar-refractivity contribution in [3.8, 4) is 0 Å². The topological polar surface area (TPSA) is 86.8 Å². The predicted octanol–water partition coefficient (Wildman–Crippen LogP) is 0.484. The lowest BCUT2D eigenvalue weighted by Crippen LogP contribution is -2.56. The molecule has 3 saturated carbocycles. The van der Waals surface area contributed by atoms with Crippen molar-refractivity contribution in [2.24, 2.45) is 29.4 Å². The van der Waals surface area contributed by atoms with Gasteiger partial charge in [-0.3, -0.25) is 4.79 Å². The summed E-state index contributed by atoms with van der Waals surface area (Å²) in [6.07, 6.45) is 4.54. The Kier molecular flexibility index (Phi) is 3.17. The molecular weight excluding hydrogens is 280 g/mol. The molecule has 4 aliphatic rings. The molecule has 0 radical (unpaired) electrons. The Morgan fingerprint density at radius 1 is 1.18 bits per heavy atom. The van der Waals surface area contributed by atoms with Gasteiger partial charge in [0.25, 0.3) is 0 Å². The number of rotatable bonds is 2. The first-order chi connectivity index (χ1) is 10.2. The van der Waals surface area contributed by atoms with E-state index < -0.39 is 17.2 Å². The number of nitrogens with two attached hydrogens (primary N) is 1. The highest BCUT2D eigenvalue weighted by atomic mass is 16.3. The van der Waals surface area contributed by atoms with Crippen LogP contribution in [-0.4, -0.2) is 51.4 Å². The Hall–Kier alpha value is -0.650. The molecule has 1 saturated heterocycles. The summed E-state index contributed by atoms with van der Waals surface area (Å²) in [5.41, 5.74) is 4.67. The fourth-order valence-electron chi connectivity index (χ4n) is 5.67. The van der Waals surface area contributed by atoms with Gasteiger partial charge in [-0.1, -0.05) is 0 Å². The van der Waals surface area contributed by atoms with Crippen molar-refractivity contribution in [3.63, 3.8) is 0 Å². The van der Waals surface area contributed by atoms with E-state index in [1.54, 1.807) is 0 Å². The Morgan fingerprint density at radius 3 is 2.50 bits per heavy atom. The van der Waals surface area contributed by atoms with Gasteiger partial charge < -0.3 is 20.8 Å². The third-order valence-corrected chi connectivity index (χ3v) is 6.47. The van der Waals surface area contributed by atoms with Crippen LogP contribution in [0.15, 0.2) is 0 Å². The zero-order valence-electron chi connectivity index (χ0n) is 13.4. The molecule has 3 aliphatic carbocycles. The summed E-state index contributed by atoms with van der Waals surface area (Å²) in [4.78, 5) is 14.6. The molecule has 124 valence electrons. The minimum Gasteiger partial charge on any atom is -0.390 e. The minimum atomic E-state index is -0.847. The highest BCUT2D eigenvalue weighted by Gasteiger charge is 2.52. The van der Waals surface area contributed by atoms with Crippen LogP contribution in [0.3, 0.4) is 0 Å². The van der Waals surface area contributed by atoms with Crippen molar-refractivity contribution >= 4 is 5.91 Å². The summed E-state index contributed by atoms with van der Waals surface area (Å²) in [5, 5.41) is 21.1. The van der Waals surface area contributed by atoms with Crippen LogP contribution in [0, 0.1) is 23.7 Å². The maximum Gasteiger partial charge on any atom is 0.239 e. The lowest BCUT2D eigenvalue weighted by atomic mass is 9.60. The van der Waals surface area contributed by atoms with E-state index in [4.69, 9.17) is 5.73 Å². The summed E-state index contributed by atoms with van der Waals surface area (Å²) < 4.78 is 0. The molecule has 1 amide bonds. The molecule has 0 aromatic rings. The number of likely N-dealkylation sites (tertiary alicyclic amines) is 1. The van der Waals surface area contributed by atoms with E-state index in [1.807, 2.05) is 11.8 Å². The monoisotopic (exact) mass is 308 g/mol. The molecule has 1 heterocycles. The van der Waals surface area contributed by atoms with E-state index >= 15 is 0 Å². The Morgan fingerprint density at radius 2 is 1.86 bits per heavy atom. The van der Waals surface area contributed by atoms with Gasteiger partial charge in [0, 0.05) is 19.5 Å². The van der Waals surface area contributed by atoms with Gasteiger partial charge in [0.2, 0.25) is 5.91 Å². The highest BCUT2D eigenvalue weighted by Crippen LogP contribution is 2.50. The quantitative estimate of drug-likeness (QED) is 0.693. The van der Waals surface area contributed by atoms with Crippen LogP contribution in [0.4, 0.5) is 0 Å². The molecule has 4 fully saturated rings. The zero-order valence-corrected chi connectivity index (χ0v) is 13.4. The summed E-state index contributed by atoms with van der Waals surface area (Å²) >= 11 is 0. The van der Waals surface area contributed by atoms with Gasteiger partial charge in [-0.25, -0.2) is 0 Å². The van der Waals surface area contributed by atoms with Crippen molar-refractivity contribution < 1.29 is 15.0 Å². The molecule has 22 heavy (non-hydrogen) atoms. The smallest absolute Gasteiger partial charge is 0.239 e. The fourth-order valence-corrected chi connectivity index (χ4v) is 5.67. The molecule has 1 aliphatic heterocycles. The van der Waals surface area contributed by atoms with E-state index in [2.05, 4.69) is 0 Å². The first-order valence-electron chi connectivity index (χ1n) is 8.74. The number of nitrogens with zero attached hydrogens (tertiary/aromatic N) is 1. The lowest BCUT2D eigenvalue weighted by Gasteiger charge is -2.51. The lowest BCUT2D eigenvalue weighted by molar-refractivity contribution is -0.151. The van der Waals surface area contributed by atoms with Crippen molar-refractivity contribution in [1.29, 1.82) is 0 Å². The molecule has 0 spiro atoms. The number of hydrogen-bond acceptors (Lipinski definition) is 4. The number of hydrogen-bond donors (Lipinski definition) is 3. The Balaban J connectivity index is 1.43. The normalized spacial score (nSPS) is 51.4. The van der Waals surface area contributed by atoms with Crippen LogP contribution < -0.4 is 5.73 Å². The first kappa shape index (κ1) is 14.9. The third-order valence-electron chi connectivity index (χ3n) is 6.47. The molecule has 4 N–H and O–H groups in total. The summed E-state index contributed by atoms with van der Waals surface area (Å²) in [6.45, 7) is 3.57. The number of aliphatic hydroxyl groups is 2. The van der Waals surface area contributed by atoms with Gasteiger partial charge in [0.15, 0.2) is 0 Å². The van der Waals surface area contributed by atoms with Gasteiger partial charge in [0.05, 0.1) is 17.2 Å². The van der Waals surface area contributed by atoms with Crippen molar-refractivity contribution in [3.05, 3.63) is 0 Å².